The average Bonchev–Trinajstić information content (AvgIpc) is 2.34. The van der Waals surface area contributed by atoms with E-state index in [4.69, 9.17) is 11.6 Å². The summed E-state index contributed by atoms with van der Waals surface area (Å²) in [6.07, 6.45) is 0.748. The lowest BCUT2D eigenvalue weighted by Gasteiger charge is -2.09. The van der Waals surface area contributed by atoms with E-state index in [9.17, 15) is 4.79 Å². The second-order valence-corrected chi connectivity index (χ2v) is 6.01. The van der Waals surface area contributed by atoms with Crippen molar-refractivity contribution in [3.63, 3.8) is 0 Å². The number of nitrogens with zero attached hydrogens (tertiary/aromatic N) is 1. The molecule has 0 saturated heterocycles. The molecule has 0 fully saturated rings. The molecular formula is C14H14BrClN2O. The number of aromatic amines is 1. The third-order valence-corrected chi connectivity index (χ3v) is 3.68. The van der Waals surface area contributed by atoms with Crippen LogP contribution in [0.3, 0.4) is 0 Å². The summed E-state index contributed by atoms with van der Waals surface area (Å²) in [5.74, 6) is 0.976. The van der Waals surface area contributed by atoms with Crippen LogP contribution >= 0.6 is 27.5 Å². The van der Waals surface area contributed by atoms with E-state index in [1.54, 1.807) is 12.1 Å². The third-order valence-electron chi connectivity index (χ3n) is 2.63. The Morgan fingerprint density at radius 1 is 1.42 bits per heavy atom. The summed E-state index contributed by atoms with van der Waals surface area (Å²) in [4.78, 5) is 19.2. The van der Waals surface area contributed by atoms with Gasteiger partial charge >= 0.3 is 0 Å². The van der Waals surface area contributed by atoms with Crippen LogP contribution in [0.25, 0.3) is 11.4 Å². The average molecular weight is 342 g/mol. The molecule has 0 spiro atoms. The van der Waals surface area contributed by atoms with Crippen LogP contribution in [0.4, 0.5) is 0 Å². The molecule has 0 atom stereocenters. The zero-order chi connectivity index (χ0) is 14.0. The topological polar surface area (TPSA) is 45.8 Å². The van der Waals surface area contributed by atoms with Crippen molar-refractivity contribution in [2.75, 3.05) is 0 Å². The van der Waals surface area contributed by atoms with Crippen molar-refractivity contribution in [3.8, 4) is 11.4 Å². The number of H-pyrrole nitrogens is 1. The molecule has 1 heterocycles. The fourth-order valence-corrected chi connectivity index (χ4v) is 2.34. The molecule has 2 aromatic rings. The Bertz CT molecular complexity index is 652. The number of hydrogen-bond acceptors (Lipinski definition) is 2. The molecule has 0 unspecified atom stereocenters. The van der Waals surface area contributed by atoms with E-state index < -0.39 is 0 Å². The molecule has 3 nitrogen and oxygen atoms in total. The molecule has 1 N–H and O–H groups in total. The zero-order valence-electron chi connectivity index (χ0n) is 10.7. The summed E-state index contributed by atoms with van der Waals surface area (Å²) in [6, 6.07) is 7.28. The van der Waals surface area contributed by atoms with E-state index in [1.807, 2.05) is 12.1 Å². The van der Waals surface area contributed by atoms with Crippen LogP contribution in [-0.4, -0.2) is 9.97 Å². The van der Waals surface area contributed by atoms with Crippen LogP contribution in [0.5, 0.6) is 0 Å². The van der Waals surface area contributed by atoms with Crippen LogP contribution < -0.4 is 5.56 Å². The lowest BCUT2D eigenvalue weighted by Crippen LogP contribution is -2.14. The highest BCUT2D eigenvalue weighted by atomic mass is 79.9. The van der Waals surface area contributed by atoms with Gasteiger partial charge in [0.05, 0.1) is 5.69 Å². The first kappa shape index (κ1) is 14.3. The van der Waals surface area contributed by atoms with Gasteiger partial charge < -0.3 is 4.98 Å². The maximum absolute atomic E-state index is 11.9. The van der Waals surface area contributed by atoms with Gasteiger partial charge in [0.15, 0.2) is 0 Å². The Balaban J connectivity index is 2.53. The minimum absolute atomic E-state index is 0.166. The molecule has 0 aliphatic rings. The van der Waals surface area contributed by atoms with E-state index in [-0.39, 0.29) is 5.56 Å². The first-order valence-electron chi connectivity index (χ1n) is 6.02. The number of nitrogens with one attached hydrogen (secondary N) is 1. The van der Waals surface area contributed by atoms with Gasteiger partial charge in [-0.1, -0.05) is 37.6 Å². The summed E-state index contributed by atoms with van der Waals surface area (Å²) in [6.45, 7) is 4.18. The van der Waals surface area contributed by atoms with Crippen LogP contribution in [0.2, 0.25) is 5.02 Å². The van der Waals surface area contributed by atoms with Gasteiger partial charge in [-0.3, -0.25) is 4.79 Å². The largest absolute Gasteiger partial charge is 0.306 e. The first-order chi connectivity index (χ1) is 8.97. The Morgan fingerprint density at radius 3 is 2.79 bits per heavy atom. The minimum atomic E-state index is -0.166. The van der Waals surface area contributed by atoms with Crippen molar-refractivity contribution in [1.29, 1.82) is 0 Å². The van der Waals surface area contributed by atoms with Crippen molar-refractivity contribution >= 4 is 27.5 Å². The maximum atomic E-state index is 11.9. The van der Waals surface area contributed by atoms with Crippen LogP contribution in [0, 0.1) is 5.92 Å². The Kier molecular flexibility index (Phi) is 4.42. The number of hydrogen-bond donors (Lipinski definition) is 1. The molecule has 0 aliphatic heterocycles. The highest BCUT2D eigenvalue weighted by Crippen LogP contribution is 2.21. The molecule has 0 saturated carbocycles. The molecule has 0 amide bonds. The second kappa shape index (κ2) is 5.88. The van der Waals surface area contributed by atoms with Gasteiger partial charge in [0.2, 0.25) is 0 Å². The van der Waals surface area contributed by atoms with Crippen molar-refractivity contribution in [2.24, 2.45) is 5.92 Å². The second-order valence-electron chi connectivity index (χ2n) is 4.78. The van der Waals surface area contributed by atoms with E-state index in [0.717, 1.165) is 17.7 Å². The molecule has 5 heteroatoms. The van der Waals surface area contributed by atoms with Gasteiger partial charge in [-0.25, -0.2) is 4.98 Å². The fraction of sp³-hybridized carbons (Fsp3) is 0.286. The lowest BCUT2D eigenvalue weighted by molar-refractivity contribution is 0.631. The summed E-state index contributed by atoms with van der Waals surface area (Å²) in [5.41, 5.74) is 1.41. The van der Waals surface area contributed by atoms with Crippen molar-refractivity contribution < 1.29 is 0 Å². The predicted octanol–water partition coefficient (Wildman–Crippen LogP) is 4.05. The van der Waals surface area contributed by atoms with E-state index >= 15 is 0 Å². The van der Waals surface area contributed by atoms with Gasteiger partial charge in [-0.05, 0) is 40.4 Å². The van der Waals surface area contributed by atoms with Crippen LogP contribution in [-0.2, 0) is 6.42 Å². The van der Waals surface area contributed by atoms with Gasteiger partial charge in [0.25, 0.3) is 5.56 Å². The normalized spacial score (nSPS) is 11.0. The highest BCUT2D eigenvalue weighted by molar-refractivity contribution is 9.10. The van der Waals surface area contributed by atoms with Gasteiger partial charge in [-0.2, -0.15) is 0 Å². The third kappa shape index (κ3) is 3.45. The Hall–Kier alpha value is -1.13. The van der Waals surface area contributed by atoms with Gasteiger partial charge in [-0.15, -0.1) is 0 Å². The fourth-order valence-electron chi connectivity index (χ4n) is 1.80. The summed E-state index contributed by atoms with van der Waals surface area (Å²) in [7, 11) is 0. The highest BCUT2D eigenvalue weighted by Gasteiger charge is 2.11. The van der Waals surface area contributed by atoms with E-state index in [2.05, 4.69) is 39.7 Å². The monoisotopic (exact) mass is 340 g/mol. The smallest absolute Gasteiger partial charge is 0.265 e. The molecular weight excluding hydrogens is 328 g/mol. The Morgan fingerprint density at radius 2 is 2.16 bits per heavy atom. The standard InChI is InChI=1S/C14H14BrClN2O/c1-8(2)6-11-12(15)14(19)18-13(17-11)9-4-3-5-10(16)7-9/h3-5,7-8H,6H2,1-2H3,(H,17,18,19). The summed E-state index contributed by atoms with van der Waals surface area (Å²) < 4.78 is 0.506. The van der Waals surface area contributed by atoms with Gasteiger partial charge in [0, 0.05) is 10.6 Å². The maximum Gasteiger partial charge on any atom is 0.265 e. The quantitative estimate of drug-likeness (QED) is 0.915. The predicted molar refractivity (Wildman–Crippen MR) is 81.5 cm³/mol. The molecule has 0 aliphatic carbocycles. The number of aromatic nitrogens is 2. The molecule has 1 aromatic carbocycles. The number of rotatable bonds is 3. The molecule has 1 aromatic heterocycles. The van der Waals surface area contributed by atoms with Crippen molar-refractivity contribution in [2.45, 2.75) is 20.3 Å². The number of halogens is 2. The van der Waals surface area contributed by atoms with E-state index in [0.29, 0.717) is 21.2 Å². The molecule has 2 rings (SSSR count). The van der Waals surface area contributed by atoms with Crippen LogP contribution in [0.15, 0.2) is 33.5 Å². The summed E-state index contributed by atoms with van der Waals surface area (Å²) in [5, 5.41) is 0.619. The first-order valence-corrected chi connectivity index (χ1v) is 7.19. The molecule has 100 valence electrons. The van der Waals surface area contributed by atoms with Gasteiger partial charge in [0.1, 0.15) is 10.3 Å². The zero-order valence-corrected chi connectivity index (χ0v) is 13.0. The summed E-state index contributed by atoms with van der Waals surface area (Å²) >= 11 is 9.26. The lowest BCUT2D eigenvalue weighted by atomic mass is 10.1. The van der Waals surface area contributed by atoms with Crippen LogP contribution in [0.1, 0.15) is 19.5 Å². The van der Waals surface area contributed by atoms with Crippen molar-refractivity contribution in [3.05, 3.63) is 49.8 Å². The minimum Gasteiger partial charge on any atom is -0.306 e. The molecule has 19 heavy (non-hydrogen) atoms. The van der Waals surface area contributed by atoms with Crippen molar-refractivity contribution in [1.82, 2.24) is 9.97 Å². The van der Waals surface area contributed by atoms with E-state index in [1.165, 1.54) is 0 Å². The number of benzene rings is 1. The SMILES string of the molecule is CC(C)Cc1nc(-c2cccc(Cl)c2)[nH]c(=O)c1Br. The molecule has 0 radical (unpaired) electrons. The Labute approximate surface area is 125 Å². The molecule has 0 bridgehead atoms.